The number of hydrogen-bond acceptors (Lipinski definition) is 2. The van der Waals surface area contributed by atoms with Crippen LogP contribution in [-0.4, -0.2) is 24.3 Å². The molecule has 1 rings (SSSR count). The Morgan fingerprint density at radius 2 is 1.76 bits per heavy atom. The molecule has 1 aliphatic rings. The SMILES string of the molecule is CC[C@@H](CO)NCC1CCC(C(C)(C)C)CC1. The minimum atomic E-state index is 0.272. The highest BCUT2D eigenvalue weighted by molar-refractivity contribution is 4.81. The smallest absolute Gasteiger partial charge is 0.0584 e. The second kappa shape index (κ2) is 6.75. The van der Waals surface area contributed by atoms with Gasteiger partial charge in [-0.3, -0.25) is 0 Å². The molecule has 2 nitrogen and oxygen atoms in total. The summed E-state index contributed by atoms with van der Waals surface area (Å²) in [6, 6.07) is 0.301. The van der Waals surface area contributed by atoms with Gasteiger partial charge in [0.2, 0.25) is 0 Å². The van der Waals surface area contributed by atoms with E-state index < -0.39 is 0 Å². The molecule has 0 heterocycles. The molecule has 2 N–H and O–H groups in total. The second-order valence-electron chi connectivity index (χ2n) is 6.78. The van der Waals surface area contributed by atoms with E-state index in [0.29, 0.717) is 11.5 Å². The molecule has 1 saturated carbocycles. The summed E-state index contributed by atoms with van der Waals surface area (Å²) in [6.07, 6.45) is 6.50. The summed E-state index contributed by atoms with van der Waals surface area (Å²) in [5, 5.41) is 12.6. The molecule has 0 spiro atoms. The van der Waals surface area contributed by atoms with Crippen molar-refractivity contribution in [2.75, 3.05) is 13.2 Å². The predicted molar refractivity (Wildman–Crippen MR) is 74.1 cm³/mol. The van der Waals surface area contributed by atoms with E-state index >= 15 is 0 Å². The highest BCUT2D eigenvalue weighted by Crippen LogP contribution is 2.39. The molecule has 17 heavy (non-hydrogen) atoms. The number of rotatable bonds is 5. The van der Waals surface area contributed by atoms with E-state index in [1.807, 2.05) is 0 Å². The zero-order valence-corrected chi connectivity index (χ0v) is 12.1. The average molecular weight is 241 g/mol. The summed E-state index contributed by atoms with van der Waals surface area (Å²) in [6.45, 7) is 10.6. The highest BCUT2D eigenvalue weighted by atomic mass is 16.3. The van der Waals surface area contributed by atoms with E-state index in [1.165, 1.54) is 25.7 Å². The summed E-state index contributed by atoms with van der Waals surface area (Å²) in [5.41, 5.74) is 0.482. The van der Waals surface area contributed by atoms with Crippen molar-refractivity contribution in [2.45, 2.75) is 65.8 Å². The lowest BCUT2D eigenvalue weighted by Gasteiger charge is -2.37. The molecule has 0 aromatic rings. The van der Waals surface area contributed by atoms with Crippen molar-refractivity contribution in [1.82, 2.24) is 5.32 Å². The number of hydrogen-bond donors (Lipinski definition) is 2. The fraction of sp³-hybridized carbons (Fsp3) is 1.00. The zero-order valence-electron chi connectivity index (χ0n) is 12.1. The van der Waals surface area contributed by atoms with Crippen molar-refractivity contribution in [3.05, 3.63) is 0 Å². The molecule has 0 saturated heterocycles. The van der Waals surface area contributed by atoms with Crippen LogP contribution in [0.25, 0.3) is 0 Å². The van der Waals surface area contributed by atoms with Crippen molar-refractivity contribution in [2.24, 2.45) is 17.3 Å². The minimum Gasteiger partial charge on any atom is -0.395 e. The Morgan fingerprint density at radius 3 is 2.18 bits per heavy atom. The van der Waals surface area contributed by atoms with Crippen molar-refractivity contribution in [3.8, 4) is 0 Å². The lowest BCUT2D eigenvalue weighted by molar-refractivity contribution is 0.144. The fourth-order valence-electron chi connectivity index (χ4n) is 2.90. The van der Waals surface area contributed by atoms with Crippen LogP contribution >= 0.6 is 0 Å². The molecule has 2 heteroatoms. The Labute approximate surface area is 107 Å². The van der Waals surface area contributed by atoms with Gasteiger partial charge in [-0.15, -0.1) is 0 Å². The van der Waals surface area contributed by atoms with Gasteiger partial charge in [0, 0.05) is 6.04 Å². The Balaban J connectivity index is 2.23. The van der Waals surface area contributed by atoms with E-state index in [4.69, 9.17) is 5.11 Å². The van der Waals surface area contributed by atoms with Gasteiger partial charge in [-0.1, -0.05) is 27.7 Å². The van der Waals surface area contributed by atoms with Crippen molar-refractivity contribution < 1.29 is 5.11 Å². The largest absolute Gasteiger partial charge is 0.395 e. The molecule has 0 bridgehead atoms. The van der Waals surface area contributed by atoms with E-state index in [0.717, 1.165) is 24.8 Å². The molecule has 102 valence electrons. The quantitative estimate of drug-likeness (QED) is 0.775. The number of aliphatic hydroxyl groups is 1. The molecule has 1 fully saturated rings. The van der Waals surface area contributed by atoms with E-state index in [1.54, 1.807) is 0 Å². The van der Waals surface area contributed by atoms with Gasteiger partial charge in [0.1, 0.15) is 0 Å². The van der Waals surface area contributed by atoms with Gasteiger partial charge in [0.25, 0.3) is 0 Å². The van der Waals surface area contributed by atoms with Crippen LogP contribution in [0.1, 0.15) is 59.8 Å². The van der Waals surface area contributed by atoms with E-state index in [-0.39, 0.29) is 6.61 Å². The molecule has 0 aromatic heterocycles. The highest BCUT2D eigenvalue weighted by Gasteiger charge is 2.29. The third kappa shape index (κ3) is 4.97. The third-order valence-electron chi connectivity index (χ3n) is 4.48. The maximum Gasteiger partial charge on any atom is 0.0584 e. The fourth-order valence-corrected chi connectivity index (χ4v) is 2.90. The lowest BCUT2D eigenvalue weighted by Crippen LogP contribution is -2.37. The van der Waals surface area contributed by atoms with Crippen molar-refractivity contribution >= 4 is 0 Å². The molecule has 1 atom stereocenters. The van der Waals surface area contributed by atoms with Crippen LogP contribution in [0.4, 0.5) is 0 Å². The standard InChI is InChI=1S/C15H31NO/c1-5-14(11-17)16-10-12-6-8-13(9-7-12)15(2,3)4/h12-14,16-17H,5-11H2,1-4H3/t12?,13?,14-/m0/s1. The first-order valence-electron chi connectivity index (χ1n) is 7.31. The van der Waals surface area contributed by atoms with Gasteiger partial charge in [-0.2, -0.15) is 0 Å². The van der Waals surface area contributed by atoms with Crippen LogP contribution in [0, 0.1) is 17.3 Å². The average Bonchev–Trinajstić information content (AvgIpc) is 2.30. The molecule has 0 aliphatic heterocycles. The van der Waals surface area contributed by atoms with Gasteiger partial charge in [0.15, 0.2) is 0 Å². The van der Waals surface area contributed by atoms with Crippen molar-refractivity contribution in [1.29, 1.82) is 0 Å². The van der Waals surface area contributed by atoms with Gasteiger partial charge in [-0.05, 0) is 55.9 Å². The van der Waals surface area contributed by atoms with Crippen molar-refractivity contribution in [3.63, 3.8) is 0 Å². The van der Waals surface area contributed by atoms with E-state index in [9.17, 15) is 0 Å². The number of nitrogens with one attached hydrogen (secondary N) is 1. The van der Waals surface area contributed by atoms with Crippen LogP contribution in [0.2, 0.25) is 0 Å². The Kier molecular flexibility index (Phi) is 5.94. The molecule has 0 amide bonds. The summed E-state index contributed by atoms with van der Waals surface area (Å²) >= 11 is 0. The minimum absolute atomic E-state index is 0.272. The van der Waals surface area contributed by atoms with Gasteiger partial charge in [-0.25, -0.2) is 0 Å². The Morgan fingerprint density at radius 1 is 1.18 bits per heavy atom. The normalized spacial score (nSPS) is 28.1. The first kappa shape index (κ1) is 15.0. The summed E-state index contributed by atoms with van der Waals surface area (Å²) < 4.78 is 0. The molecule has 1 aliphatic carbocycles. The summed E-state index contributed by atoms with van der Waals surface area (Å²) in [7, 11) is 0. The van der Waals surface area contributed by atoms with Crippen LogP contribution in [0.15, 0.2) is 0 Å². The van der Waals surface area contributed by atoms with Crippen LogP contribution in [0.3, 0.4) is 0 Å². The first-order chi connectivity index (χ1) is 7.97. The Bertz CT molecular complexity index is 197. The van der Waals surface area contributed by atoms with Crippen LogP contribution in [0.5, 0.6) is 0 Å². The van der Waals surface area contributed by atoms with Gasteiger partial charge >= 0.3 is 0 Å². The molecular weight excluding hydrogens is 210 g/mol. The molecule has 0 unspecified atom stereocenters. The summed E-state index contributed by atoms with van der Waals surface area (Å²) in [5.74, 6) is 1.73. The van der Waals surface area contributed by atoms with Crippen LogP contribution in [-0.2, 0) is 0 Å². The summed E-state index contributed by atoms with van der Waals surface area (Å²) in [4.78, 5) is 0. The Hall–Kier alpha value is -0.0800. The second-order valence-corrected chi connectivity index (χ2v) is 6.78. The van der Waals surface area contributed by atoms with Gasteiger partial charge < -0.3 is 10.4 Å². The third-order valence-corrected chi connectivity index (χ3v) is 4.48. The van der Waals surface area contributed by atoms with Crippen LogP contribution < -0.4 is 5.32 Å². The predicted octanol–water partition coefficient (Wildman–Crippen LogP) is 3.20. The monoisotopic (exact) mass is 241 g/mol. The lowest BCUT2D eigenvalue weighted by atomic mass is 9.70. The molecule has 0 aromatic carbocycles. The zero-order chi connectivity index (χ0) is 12.9. The maximum absolute atomic E-state index is 9.14. The molecule has 0 radical (unpaired) electrons. The molecular formula is C15H31NO. The van der Waals surface area contributed by atoms with Gasteiger partial charge in [0.05, 0.1) is 6.61 Å². The van der Waals surface area contributed by atoms with E-state index in [2.05, 4.69) is 33.0 Å². The first-order valence-corrected chi connectivity index (χ1v) is 7.31. The number of aliphatic hydroxyl groups excluding tert-OH is 1. The topological polar surface area (TPSA) is 32.3 Å². The maximum atomic E-state index is 9.14.